The van der Waals surface area contributed by atoms with Crippen LogP contribution in [0.1, 0.15) is 18.9 Å². The van der Waals surface area contributed by atoms with Crippen molar-refractivity contribution < 1.29 is 76.2 Å². The van der Waals surface area contributed by atoms with Gasteiger partial charge >= 0.3 is 35.8 Å². The largest absolute Gasteiger partial charge is 0.460 e. The van der Waals surface area contributed by atoms with E-state index in [1.165, 1.54) is 24.3 Å². The van der Waals surface area contributed by atoms with Crippen molar-refractivity contribution in [1.82, 2.24) is 5.06 Å². The minimum atomic E-state index is -8.00. The van der Waals surface area contributed by atoms with Crippen molar-refractivity contribution in [2.75, 3.05) is 33.0 Å². The molecule has 0 bridgehead atoms. The molecular weight excluding hydrogens is 577 g/mol. The van der Waals surface area contributed by atoms with Gasteiger partial charge in [-0.15, -0.1) is 0 Å². The van der Waals surface area contributed by atoms with Crippen LogP contribution in [0.3, 0.4) is 0 Å². The van der Waals surface area contributed by atoms with E-state index in [1.807, 2.05) is 0 Å². The molecule has 226 valence electrons. The second kappa shape index (κ2) is 12.9. The SMILES string of the molecule is CCOCCOCC(=O)N(CCC(F)(F)C(F)(F)C(F)(F)C(F)(F)C(F)(F)C(F)(F)F)OCc1ccccc1. The van der Waals surface area contributed by atoms with Crippen molar-refractivity contribution in [3.63, 3.8) is 0 Å². The molecule has 18 heteroatoms. The molecule has 0 aliphatic heterocycles. The normalized spacial score (nSPS) is 14.0. The fourth-order valence-electron chi connectivity index (χ4n) is 2.68. The summed E-state index contributed by atoms with van der Waals surface area (Å²) in [7, 11) is 0. The fourth-order valence-corrected chi connectivity index (χ4v) is 2.68. The molecule has 0 radical (unpaired) electrons. The van der Waals surface area contributed by atoms with Gasteiger partial charge in [0.15, 0.2) is 0 Å². The summed E-state index contributed by atoms with van der Waals surface area (Å²) in [6, 6.07) is 7.27. The third kappa shape index (κ3) is 7.65. The lowest BCUT2D eigenvalue weighted by Crippen LogP contribution is -2.70. The van der Waals surface area contributed by atoms with E-state index in [1.54, 1.807) is 13.0 Å². The molecule has 0 heterocycles. The lowest BCUT2D eigenvalue weighted by molar-refractivity contribution is -0.440. The van der Waals surface area contributed by atoms with Crippen molar-refractivity contribution in [3.05, 3.63) is 35.9 Å². The summed E-state index contributed by atoms with van der Waals surface area (Å²) >= 11 is 0. The number of alkyl halides is 13. The van der Waals surface area contributed by atoms with Gasteiger partial charge in [0.05, 0.1) is 19.8 Å². The summed E-state index contributed by atoms with van der Waals surface area (Å²) < 4.78 is 183. The molecule has 1 rings (SSSR count). The number of hydrogen-bond acceptors (Lipinski definition) is 4. The van der Waals surface area contributed by atoms with Gasteiger partial charge in [-0.1, -0.05) is 30.3 Å². The third-order valence-corrected chi connectivity index (χ3v) is 4.94. The predicted octanol–water partition coefficient (Wildman–Crippen LogP) is 6.13. The Morgan fingerprint density at radius 2 is 1.26 bits per heavy atom. The Morgan fingerprint density at radius 3 is 1.77 bits per heavy atom. The first kappa shape index (κ1) is 34.7. The highest BCUT2D eigenvalue weighted by Gasteiger charge is 2.90. The Morgan fingerprint density at radius 1 is 0.744 bits per heavy atom. The average Bonchev–Trinajstić information content (AvgIpc) is 2.83. The van der Waals surface area contributed by atoms with E-state index in [-0.39, 0.29) is 30.4 Å². The molecule has 0 fully saturated rings. The van der Waals surface area contributed by atoms with E-state index >= 15 is 0 Å². The Balaban J connectivity index is 3.14. The summed E-state index contributed by atoms with van der Waals surface area (Å²) in [6.45, 7) is -1.65. The first-order valence-corrected chi connectivity index (χ1v) is 10.8. The zero-order chi connectivity index (χ0) is 30.3. The van der Waals surface area contributed by atoms with Crippen LogP contribution in [0.5, 0.6) is 0 Å². The molecule has 39 heavy (non-hydrogen) atoms. The van der Waals surface area contributed by atoms with Gasteiger partial charge in [-0.2, -0.15) is 57.1 Å². The van der Waals surface area contributed by atoms with Gasteiger partial charge < -0.3 is 9.47 Å². The van der Waals surface area contributed by atoms with E-state index in [0.717, 1.165) is 0 Å². The summed E-state index contributed by atoms with van der Waals surface area (Å²) in [5, 5.41) is -0.0573. The van der Waals surface area contributed by atoms with E-state index < -0.39 is 67.9 Å². The number of hydroxylamine groups is 2. The maximum Gasteiger partial charge on any atom is 0.460 e. The standard InChI is InChI=1S/C21H22F13NO4/c1-2-37-10-11-38-13-15(36)35(39-12-14-6-4-3-5-7-14)9-8-16(22,23)17(24,25)18(26,27)19(28,29)20(30,31)21(32,33)34/h3-7H,2,8-13H2,1H3. The Labute approximate surface area is 212 Å². The number of halogens is 13. The zero-order valence-electron chi connectivity index (χ0n) is 19.8. The molecule has 0 aromatic heterocycles. The van der Waals surface area contributed by atoms with E-state index in [2.05, 4.69) is 0 Å². The molecule has 1 amide bonds. The van der Waals surface area contributed by atoms with Gasteiger partial charge in [-0.05, 0) is 12.5 Å². The number of nitrogens with zero attached hydrogens (tertiary/aromatic N) is 1. The number of carbonyl (C=O) groups is 1. The molecule has 1 aromatic carbocycles. The molecule has 0 saturated carbocycles. The monoisotopic (exact) mass is 599 g/mol. The van der Waals surface area contributed by atoms with Crippen LogP contribution in [0.4, 0.5) is 57.1 Å². The van der Waals surface area contributed by atoms with Gasteiger partial charge in [0.25, 0.3) is 5.91 Å². The van der Waals surface area contributed by atoms with Gasteiger partial charge in [0.2, 0.25) is 0 Å². The first-order valence-electron chi connectivity index (χ1n) is 10.8. The minimum absolute atomic E-state index is 0.0369. The summed E-state index contributed by atoms with van der Waals surface area (Å²) in [5.41, 5.74) is 0.283. The molecule has 0 aliphatic rings. The van der Waals surface area contributed by atoms with Gasteiger partial charge in [-0.3, -0.25) is 9.63 Å². The van der Waals surface area contributed by atoms with Crippen LogP contribution >= 0.6 is 0 Å². The van der Waals surface area contributed by atoms with Crippen molar-refractivity contribution in [2.45, 2.75) is 55.7 Å². The van der Waals surface area contributed by atoms with Crippen molar-refractivity contribution in [2.24, 2.45) is 0 Å². The molecular formula is C21H22F13NO4. The highest BCUT2D eigenvalue weighted by molar-refractivity contribution is 5.76. The minimum Gasteiger partial charge on any atom is -0.379 e. The fraction of sp³-hybridized carbons (Fsp3) is 0.667. The number of hydrogen-bond donors (Lipinski definition) is 0. The molecule has 0 unspecified atom stereocenters. The van der Waals surface area contributed by atoms with Crippen LogP contribution in [0.2, 0.25) is 0 Å². The topological polar surface area (TPSA) is 48.0 Å². The Hall–Kier alpha value is -2.34. The highest BCUT2D eigenvalue weighted by Crippen LogP contribution is 2.60. The summed E-state index contributed by atoms with van der Waals surface area (Å²) in [5.74, 6) is -38.9. The second-order valence-corrected chi connectivity index (χ2v) is 7.75. The second-order valence-electron chi connectivity index (χ2n) is 7.75. The lowest BCUT2D eigenvalue weighted by Gasteiger charge is -2.40. The highest BCUT2D eigenvalue weighted by atomic mass is 19.4. The maximum absolute atomic E-state index is 14.2. The Kier molecular flexibility index (Phi) is 11.5. The van der Waals surface area contributed by atoms with E-state index in [4.69, 9.17) is 14.3 Å². The third-order valence-electron chi connectivity index (χ3n) is 4.94. The average molecular weight is 599 g/mol. The molecule has 0 N–H and O–H groups in total. The quantitative estimate of drug-likeness (QED) is 0.130. The summed E-state index contributed by atoms with van der Waals surface area (Å²) in [6.07, 6.45) is -10.1. The predicted molar refractivity (Wildman–Crippen MR) is 106 cm³/mol. The van der Waals surface area contributed by atoms with Gasteiger partial charge in [0, 0.05) is 13.0 Å². The van der Waals surface area contributed by atoms with Gasteiger partial charge in [-0.25, -0.2) is 5.06 Å². The number of amides is 1. The van der Waals surface area contributed by atoms with E-state index in [0.29, 0.717) is 0 Å². The number of rotatable bonds is 16. The zero-order valence-corrected chi connectivity index (χ0v) is 19.8. The van der Waals surface area contributed by atoms with Gasteiger partial charge in [0.1, 0.15) is 13.2 Å². The molecule has 5 nitrogen and oxygen atoms in total. The summed E-state index contributed by atoms with van der Waals surface area (Å²) in [4.78, 5) is 17.2. The van der Waals surface area contributed by atoms with Crippen molar-refractivity contribution in [3.8, 4) is 0 Å². The van der Waals surface area contributed by atoms with Crippen LogP contribution in [0, 0.1) is 0 Å². The smallest absolute Gasteiger partial charge is 0.379 e. The van der Waals surface area contributed by atoms with Crippen LogP contribution in [-0.4, -0.2) is 79.7 Å². The molecule has 0 saturated heterocycles. The number of benzene rings is 1. The lowest BCUT2D eigenvalue weighted by atomic mass is 9.92. The van der Waals surface area contributed by atoms with Crippen LogP contribution in [0.25, 0.3) is 0 Å². The van der Waals surface area contributed by atoms with E-state index in [9.17, 15) is 61.9 Å². The maximum atomic E-state index is 14.2. The molecule has 1 aromatic rings. The molecule has 0 atom stereocenters. The first-order chi connectivity index (χ1) is 17.7. The van der Waals surface area contributed by atoms with Crippen LogP contribution in [0.15, 0.2) is 30.3 Å². The van der Waals surface area contributed by atoms with Crippen molar-refractivity contribution >= 4 is 5.91 Å². The van der Waals surface area contributed by atoms with Crippen LogP contribution < -0.4 is 0 Å². The molecule has 0 spiro atoms. The molecule has 0 aliphatic carbocycles. The Bertz CT molecular complexity index is 911. The number of carbonyl (C=O) groups excluding carboxylic acids is 1. The van der Waals surface area contributed by atoms with Crippen molar-refractivity contribution in [1.29, 1.82) is 0 Å². The van der Waals surface area contributed by atoms with Crippen LogP contribution in [-0.2, 0) is 25.7 Å². The number of ether oxygens (including phenoxy) is 2.